The molecule has 0 spiro atoms. The molecule has 0 radical (unpaired) electrons. The highest BCUT2D eigenvalue weighted by atomic mass is 32.2. The van der Waals surface area contributed by atoms with Gasteiger partial charge in [-0.15, -0.1) is 0 Å². The van der Waals surface area contributed by atoms with Gasteiger partial charge in [0.2, 0.25) is 0 Å². The van der Waals surface area contributed by atoms with Crippen LogP contribution >= 0.6 is 11.8 Å². The summed E-state index contributed by atoms with van der Waals surface area (Å²) in [6.07, 6.45) is 2.33. The molecule has 15 heavy (non-hydrogen) atoms. The van der Waals surface area contributed by atoms with Crippen molar-refractivity contribution in [2.45, 2.75) is 50.8 Å². The standard InChI is InChI=1S/C12H26N2S/c1-5-12(4,13)10-14-7-6-11(2,3)15-9-8-14/h5-10,13H2,1-4H3. The molecule has 1 aliphatic heterocycles. The lowest BCUT2D eigenvalue weighted by Gasteiger charge is -2.31. The molecule has 1 rings (SSSR count). The average Bonchev–Trinajstić information content (AvgIpc) is 2.28. The molecule has 2 nitrogen and oxygen atoms in total. The Bertz CT molecular complexity index is 202. The van der Waals surface area contributed by atoms with Crippen LogP contribution < -0.4 is 5.73 Å². The van der Waals surface area contributed by atoms with E-state index in [1.165, 1.54) is 25.3 Å². The zero-order valence-electron chi connectivity index (χ0n) is 10.7. The first-order valence-corrected chi connectivity index (χ1v) is 6.98. The van der Waals surface area contributed by atoms with Crippen molar-refractivity contribution in [3.63, 3.8) is 0 Å². The predicted octanol–water partition coefficient (Wildman–Crippen LogP) is 2.33. The molecule has 0 saturated carbocycles. The van der Waals surface area contributed by atoms with Gasteiger partial charge < -0.3 is 10.6 Å². The highest BCUT2D eigenvalue weighted by molar-refractivity contribution is 8.00. The van der Waals surface area contributed by atoms with Crippen molar-refractivity contribution >= 4 is 11.8 Å². The minimum atomic E-state index is -0.0147. The number of nitrogens with zero attached hydrogens (tertiary/aromatic N) is 1. The lowest BCUT2D eigenvalue weighted by atomic mass is 9.99. The smallest absolute Gasteiger partial charge is 0.0252 e. The second-order valence-corrected chi connectivity index (χ2v) is 7.44. The third kappa shape index (κ3) is 4.75. The third-order valence-electron chi connectivity index (χ3n) is 3.32. The van der Waals surface area contributed by atoms with E-state index >= 15 is 0 Å². The number of rotatable bonds is 3. The van der Waals surface area contributed by atoms with Gasteiger partial charge in [-0.1, -0.05) is 20.8 Å². The molecule has 1 aliphatic rings. The summed E-state index contributed by atoms with van der Waals surface area (Å²) in [6.45, 7) is 12.5. The van der Waals surface area contributed by atoms with E-state index in [4.69, 9.17) is 5.73 Å². The molecule has 2 N–H and O–H groups in total. The molecule has 3 heteroatoms. The number of hydrogen-bond donors (Lipinski definition) is 1. The minimum absolute atomic E-state index is 0.0147. The predicted molar refractivity (Wildman–Crippen MR) is 70.5 cm³/mol. The zero-order chi connectivity index (χ0) is 11.5. The van der Waals surface area contributed by atoms with Crippen LogP contribution in [-0.4, -0.2) is 40.6 Å². The molecule has 1 saturated heterocycles. The largest absolute Gasteiger partial charge is 0.324 e. The van der Waals surface area contributed by atoms with Gasteiger partial charge in [0.1, 0.15) is 0 Å². The van der Waals surface area contributed by atoms with Crippen LogP contribution in [0.3, 0.4) is 0 Å². The van der Waals surface area contributed by atoms with Crippen molar-refractivity contribution in [1.82, 2.24) is 4.90 Å². The topological polar surface area (TPSA) is 29.3 Å². The summed E-state index contributed by atoms with van der Waals surface area (Å²) < 4.78 is 0.450. The van der Waals surface area contributed by atoms with E-state index in [0.29, 0.717) is 4.75 Å². The van der Waals surface area contributed by atoms with Crippen LogP contribution in [0.5, 0.6) is 0 Å². The second kappa shape index (κ2) is 5.07. The van der Waals surface area contributed by atoms with Gasteiger partial charge in [0, 0.05) is 29.1 Å². The van der Waals surface area contributed by atoms with Crippen molar-refractivity contribution in [2.24, 2.45) is 5.73 Å². The fraction of sp³-hybridized carbons (Fsp3) is 1.00. The molecular weight excluding hydrogens is 204 g/mol. The molecular formula is C12H26N2S. The van der Waals surface area contributed by atoms with E-state index in [9.17, 15) is 0 Å². The lowest BCUT2D eigenvalue weighted by molar-refractivity contribution is 0.221. The molecule has 0 bridgehead atoms. The van der Waals surface area contributed by atoms with E-state index in [1.807, 2.05) is 0 Å². The summed E-state index contributed by atoms with van der Waals surface area (Å²) in [6, 6.07) is 0. The molecule has 1 fully saturated rings. The molecule has 1 unspecified atom stereocenters. The fourth-order valence-electron chi connectivity index (χ4n) is 1.84. The van der Waals surface area contributed by atoms with E-state index in [2.05, 4.69) is 44.4 Å². The van der Waals surface area contributed by atoms with Gasteiger partial charge in [-0.25, -0.2) is 0 Å². The number of nitrogens with two attached hydrogens (primary N) is 1. The summed E-state index contributed by atoms with van der Waals surface area (Å²) in [5.74, 6) is 1.24. The maximum Gasteiger partial charge on any atom is 0.0252 e. The Morgan fingerprint density at radius 1 is 1.40 bits per heavy atom. The Morgan fingerprint density at radius 2 is 2.07 bits per heavy atom. The highest BCUT2D eigenvalue weighted by Crippen LogP contribution is 2.30. The van der Waals surface area contributed by atoms with Gasteiger partial charge in [-0.3, -0.25) is 0 Å². The Balaban J connectivity index is 2.45. The van der Waals surface area contributed by atoms with Gasteiger partial charge in [-0.2, -0.15) is 11.8 Å². The quantitative estimate of drug-likeness (QED) is 0.807. The summed E-state index contributed by atoms with van der Waals surface area (Å²) in [5.41, 5.74) is 6.20. The maximum absolute atomic E-state index is 6.22. The summed E-state index contributed by atoms with van der Waals surface area (Å²) in [7, 11) is 0. The third-order valence-corrected chi connectivity index (χ3v) is 4.70. The first-order chi connectivity index (χ1) is 6.85. The summed E-state index contributed by atoms with van der Waals surface area (Å²) in [4.78, 5) is 2.53. The zero-order valence-corrected chi connectivity index (χ0v) is 11.5. The Labute approximate surface area is 99.0 Å². The van der Waals surface area contributed by atoms with Gasteiger partial charge in [0.05, 0.1) is 0 Å². The fourth-order valence-corrected chi connectivity index (χ4v) is 2.98. The summed E-state index contributed by atoms with van der Waals surface area (Å²) in [5, 5.41) is 0. The normalized spacial score (nSPS) is 27.0. The first-order valence-electron chi connectivity index (χ1n) is 6.00. The van der Waals surface area contributed by atoms with Crippen LogP contribution in [-0.2, 0) is 0 Å². The van der Waals surface area contributed by atoms with Gasteiger partial charge in [0.15, 0.2) is 0 Å². The molecule has 0 aromatic heterocycles. The van der Waals surface area contributed by atoms with Crippen molar-refractivity contribution in [3.05, 3.63) is 0 Å². The molecule has 0 aromatic rings. The van der Waals surface area contributed by atoms with E-state index in [0.717, 1.165) is 13.0 Å². The van der Waals surface area contributed by atoms with Crippen molar-refractivity contribution < 1.29 is 0 Å². The molecule has 0 aromatic carbocycles. The van der Waals surface area contributed by atoms with Crippen molar-refractivity contribution in [3.8, 4) is 0 Å². The van der Waals surface area contributed by atoms with E-state index in [-0.39, 0.29) is 5.54 Å². The van der Waals surface area contributed by atoms with Gasteiger partial charge in [-0.05, 0) is 26.3 Å². The van der Waals surface area contributed by atoms with Crippen LogP contribution in [0.1, 0.15) is 40.5 Å². The molecule has 90 valence electrons. The highest BCUT2D eigenvalue weighted by Gasteiger charge is 2.26. The molecule has 1 atom stereocenters. The van der Waals surface area contributed by atoms with E-state index < -0.39 is 0 Å². The molecule has 0 aliphatic carbocycles. The Morgan fingerprint density at radius 3 is 2.67 bits per heavy atom. The van der Waals surface area contributed by atoms with Gasteiger partial charge >= 0.3 is 0 Å². The average molecular weight is 230 g/mol. The van der Waals surface area contributed by atoms with Crippen LogP contribution in [0.4, 0.5) is 0 Å². The van der Waals surface area contributed by atoms with Crippen LogP contribution in [0.25, 0.3) is 0 Å². The Kier molecular flexibility index (Phi) is 4.50. The number of thioether (sulfide) groups is 1. The number of hydrogen-bond acceptors (Lipinski definition) is 3. The first kappa shape index (κ1) is 13.3. The lowest BCUT2D eigenvalue weighted by Crippen LogP contribution is -2.48. The van der Waals surface area contributed by atoms with Crippen molar-refractivity contribution in [1.29, 1.82) is 0 Å². The van der Waals surface area contributed by atoms with Crippen LogP contribution in [0.2, 0.25) is 0 Å². The molecule has 0 amide bonds. The van der Waals surface area contributed by atoms with Crippen molar-refractivity contribution in [2.75, 3.05) is 25.4 Å². The molecule has 1 heterocycles. The van der Waals surface area contributed by atoms with Crippen LogP contribution in [0, 0.1) is 0 Å². The van der Waals surface area contributed by atoms with Crippen LogP contribution in [0.15, 0.2) is 0 Å². The second-order valence-electron chi connectivity index (χ2n) is 5.64. The SMILES string of the molecule is CCC(C)(N)CN1CCSC(C)(C)CC1. The minimum Gasteiger partial charge on any atom is -0.324 e. The summed E-state index contributed by atoms with van der Waals surface area (Å²) >= 11 is 2.10. The van der Waals surface area contributed by atoms with E-state index in [1.54, 1.807) is 0 Å². The maximum atomic E-state index is 6.22. The monoisotopic (exact) mass is 230 g/mol. The van der Waals surface area contributed by atoms with Gasteiger partial charge in [0.25, 0.3) is 0 Å². The Hall–Kier alpha value is 0.270.